The quantitative estimate of drug-likeness (QED) is 0.825. The maximum atomic E-state index is 11.9. The van der Waals surface area contributed by atoms with Crippen LogP contribution in [-0.4, -0.2) is 38.1 Å². The van der Waals surface area contributed by atoms with Gasteiger partial charge in [-0.25, -0.2) is 4.98 Å². The molecule has 1 fully saturated rings. The molecule has 2 rings (SSSR count). The molecular weight excluding hydrogens is 323 g/mol. The number of nitrogens with one attached hydrogen (secondary N) is 2. The number of amides is 1. The van der Waals surface area contributed by atoms with Crippen LogP contribution >= 0.6 is 24.8 Å². The van der Waals surface area contributed by atoms with E-state index in [-0.39, 0.29) is 30.7 Å². The number of hydrogen-bond acceptors (Lipinski definition) is 4. The van der Waals surface area contributed by atoms with Gasteiger partial charge < -0.3 is 15.5 Å². The molecule has 1 amide bonds. The summed E-state index contributed by atoms with van der Waals surface area (Å²) in [4.78, 5) is 18.2. The average Bonchev–Trinajstić information content (AvgIpc) is 2.96. The number of hydrogen-bond donors (Lipinski definition) is 2. The summed E-state index contributed by atoms with van der Waals surface area (Å²) in [7, 11) is 3.92. The summed E-state index contributed by atoms with van der Waals surface area (Å²) >= 11 is 0. The van der Waals surface area contributed by atoms with E-state index in [9.17, 15) is 4.79 Å². The van der Waals surface area contributed by atoms with E-state index in [1.54, 1.807) is 6.20 Å². The largest absolute Gasteiger partial charge is 0.362 e. The topological polar surface area (TPSA) is 57.3 Å². The van der Waals surface area contributed by atoms with Crippen molar-refractivity contribution < 1.29 is 4.79 Å². The van der Waals surface area contributed by atoms with E-state index in [1.165, 1.54) is 6.42 Å². The highest BCUT2D eigenvalue weighted by molar-refractivity contribution is 5.85. The van der Waals surface area contributed by atoms with E-state index < -0.39 is 0 Å². The molecule has 7 heteroatoms. The van der Waals surface area contributed by atoms with Crippen LogP contribution in [0.15, 0.2) is 18.3 Å². The lowest BCUT2D eigenvalue weighted by Gasteiger charge is -2.16. The molecule has 1 aromatic rings. The zero-order valence-electron chi connectivity index (χ0n) is 13.2. The molecule has 0 aliphatic carbocycles. The summed E-state index contributed by atoms with van der Waals surface area (Å²) in [6, 6.07) is 3.90. The number of halogens is 2. The van der Waals surface area contributed by atoms with Gasteiger partial charge in [0.2, 0.25) is 5.91 Å². The van der Waals surface area contributed by atoms with E-state index in [1.807, 2.05) is 31.1 Å². The fraction of sp³-hybridized carbons (Fsp3) is 0.600. The molecule has 2 N–H and O–H groups in total. The Balaban J connectivity index is 0.00000220. The van der Waals surface area contributed by atoms with Gasteiger partial charge in [0.1, 0.15) is 5.82 Å². The lowest BCUT2D eigenvalue weighted by Crippen LogP contribution is -2.25. The minimum absolute atomic E-state index is 0. The molecule has 22 heavy (non-hydrogen) atoms. The van der Waals surface area contributed by atoms with Crippen LogP contribution in [0.5, 0.6) is 0 Å². The van der Waals surface area contributed by atoms with Crippen LogP contribution in [0.3, 0.4) is 0 Å². The second-order valence-electron chi connectivity index (χ2n) is 5.55. The highest BCUT2D eigenvalue weighted by Gasteiger charge is 2.15. The first-order chi connectivity index (χ1) is 9.66. The van der Waals surface area contributed by atoms with Gasteiger partial charge in [-0.15, -0.1) is 24.8 Å². The summed E-state index contributed by atoms with van der Waals surface area (Å²) in [5.74, 6) is 1.70. The smallest absolute Gasteiger partial charge is 0.220 e. The maximum absolute atomic E-state index is 11.9. The number of nitrogens with zero attached hydrogens (tertiary/aromatic N) is 2. The van der Waals surface area contributed by atoms with Crippen molar-refractivity contribution in [3.05, 3.63) is 23.9 Å². The first kappa shape index (κ1) is 21.0. The van der Waals surface area contributed by atoms with Gasteiger partial charge in [0.15, 0.2) is 0 Å². The molecule has 126 valence electrons. The van der Waals surface area contributed by atoms with Crippen molar-refractivity contribution in [2.75, 3.05) is 32.1 Å². The van der Waals surface area contributed by atoms with E-state index in [0.717, 1.165) is 30.9 Å². The molecule has 1 aromatic heterocycles. The Morgan fingerprint density at radius 3 is 2.86 bits per heavy atom. The van der Waals surface area contributed by atoms with Gasteiger partial charge in [0.05, 0.1) is 0 Å². The minimum atomic E-state index is 0. The van der Waals surface area contributed by atoms with Crippen molar-refractivity contribution in [3.8, 4) is 0 Å². The summed E-state index contributed by atoms with van der Waals surface area (Å²) in [5, 5.41) is 6.32. The Hall–Kier alpha value is -1.04. The standard InChI is InChI=1S/C15H24N4O.2ClH/c1-19(2)15-13(4-3-8-17-15)11-18-14(20)6-5-12-7-9-16-10-12;;/h3-4,8,12,16H,5-7,9-11H2,1-2H3,(H,18,20);2*1H. The number of carbonyl (C=O) groups excluding carboxylic acids is 1. The molecule has 0 spiro atoms. The number of anilines is 1. The molecule has 1 atom stereocenters. The Morgan fingerprint density at radius 1 is 1.45 bits per heavy atom. The van der Waals surface area contributed by atoms with Crippen LogP contribution in [0.1, 0.15) is 24.8 Å². The second-order valence-corrected chi connectivity index (χ2v) is 5.55. The van der Waals surface area contributed by atoms with E-state index in [0.29, 0.717) is 18.9 Å². The molecule has 1 saturated heterocycles. The van der Waals surface area contributed by atoms with Gasteiger partial charge in [-0.3, -0.25) is 4.79 Å². The third-order valence-corrected chi connectivity index (χ3v) is 3.71. The van der Waals surface area contributed by atoms with E-state index >= 15 is 0 Å². The predicted molar refractivity (Wildman–Crippen MR) is 95.1 cm³/mol. The van der Waals surface area contributed by atoms with Gasteiger partial charge in [-0.2, -0.15) is 0 Å². The third-order valence-electron chi connectivity index (χ3n) is 3.71. The van der Waals surface area contributed by atoms with Crippen LogP contribution < -0.4 is 15.5 Å². The number of pyridine rings is 1. The van der Waals surface area contributed by atoms with Crippen molar-refractivity contribution in [3.63, 3.8) is 0 Å². The molecule has 0 saturated carbocycles. The van der Waals surface area contributed by atoms with Gasteiger partial charge in [-0.1, -0.05) is 6.07 Å². The number of rotatable bonds is 6. The monoisotopic (exact) mass is 348 g/mol. The summed E-state index contributed by atoms with van der Waals surface area (Å²) in [6.45, 7) is 2.69. The molecule has 1 aliphatic rings. The highest BCUT2D eigenvalue weighted by atomic mass is 35.5. The SMILES string of the molecule is CN(C)c1ncccc1CNC(=O)CCC1CCNC1.Cl.Cl. The highest BCUT2D eigenvalue weighted by Crippen LogP contribution is 2.15. The van der Waals surface area contributed by atoms with Gasteiger partial charge in [0.25, 0.3) is 0 Å². The lowest BCUT2D eigenvalue weighted by atomic mass is 10.0. The van der Waals surface area contributed by atoms with Gasteiger partial charge >= 0.3 is 0 Å². The lowest BCUT2D eigenvalue weighted by molar-refractivity contribution is -0.121. The predicted octanol–water partition coefficient (Wildman–Crippen LogP) is 2.00. The fourth-order valence-electron chi connectivity index (χ4n) is 2.55. The van der Waals surface area contributed by atoms with Crippen molar-refractivity contribution >= 4 is 36.5 Å². The Kier molecular flexibility index (Phi) is 10.1. The molecular formula is C15H26Cl2N4O. The van der Waals surface area contributed by atoms with E-state index in [4.69, 9.17) is 0 Å². The molecule has 2 heterocycles. The maximum Gasteiger partial charge on any atom is 0.220 e. The first-order valence-corrected chi connectivity index (χ1v) is 7.25. The average molecular weight is 349 g/mol. The normalized spacial score (nSPS) is 16.4. The molecule has 0 radical (unpaired) electrons. The molecule has 0 bridgehead atoms. The Morgan fingerprint density at radius 2 is 2.23 bits per heavy atom. The van der Waals surface area contributed by atoms with Crippen LogP contribution in [0, 0.1) is 5.92 Å². The van der Waals surface area contributed by atoms with Gasteiger partial charge in [-0.05, 0) is 37.9 Å². The summed E-state index contributed by atoms with van der Waals surface area (Å²) < 4.78 is 0. The van der Waals surface area contributed by atoms with Crippen molar-refractivity contribution in [2.24, 2.45) is 5.92 Å². The Labute approximate surface area is 145 Å². The Bertz CT molecular complexity index is 451. The van der Waals surface area contributed by atoms with Crippen molar-refractivity contribution in [2.45, 2.75) is 25.8 Å². The minimum Gasteiger partial charge on any atom is -0.362 e. The van der Waals surface area contributed by atoms with Crippen LogP contribution in [0.4, 0.5) is 5.82 Å². The van der Waals surface area contributed by atoms with Crippen molar-refractivity contribution in [1.82, 2.24) is 15.6 Å². The molecule has 5 nitrogen and oxygen atoms in total. The van der Waals surface area contributed by atoms with Crippen LogP contribution in [0.25, 0.3) is 0 Å². The zero-order valence-corrected chi connectivity index (χ0v) is 14.8. The van der Waals surface area contributed by atoms with E-state index in [2.05, 4.69) is 15.6 Å². The van der Waals surface area contributed by atoms with Crippen molar-refractivity contribution in [1.29, 1.82) is 0 Å². The summed E-state index contributed by atoms with van der Waals surface area (Å²) in [5.41, 5.74) is 1.05. The number of carbonyl (C=O) groups is 1. The second kappa shape index (κ2) is 10.6. The summed E-state index contributed by atoms with van der Waals surface area (Å²) in [6.07, 6.45) is 4.56. The first-order valence-electron chi connectivity index (χ1n) is 7.25. The third kappa shape index (κ3) is 6.38. The fourth-order valence-corrected chi connectivity index (χ4v) is 2.55. The zero-order chi connectivity index (χ0) is 14.4. The molecule has 1 aliphatic heterocycles. The molecule has 1 unspecified atom stereocenters. The van der Waals surface area contributed by atoms with Crippen LogP contribution in [0.2, 0.25) is 0 Å². The molecule has 0 aromatic carbocycles. The van der Waals surface area contributed by atoms with Gasteiger partial charge in [0, 0.05) is 38.8 Å². The number of aromatic nitrogens is 1. The van der Waals surface area contributed by atoms with Crippen LogP contribution in [-0.2, 0) is 11.3 Å².